The first-order valence-corrected chi connectivity index (χ1v) is 29.0. The molecule has 0 aromatic rings. The fraction of sp³-hybridized carbons (Fsp3) is 0.745. The Hall–Kier alpha value is -2.75. The number of aliphatic hydroxyl groups excluding tert-OH is 7. The van der Waals surface area contributed by atoms with E-state index in [1.807, 2.05) is 6.92 Å². The third-order valence-electron chi connectivity index (χ3n) is 12.5. The molecule has 1 unspecified atom stereocenters. The Labute approximate surface area is 431 Å². The maximum absolute atomic E-state index is 13.8. The molecule has 10 N–H and O–H groups in total. The lowest BCUT2D eigenvalue weighted by Crippen LogP contribution is -2.56. The van der Waals surface area contributed by atoms with Crippen molar-refractivity contribution in [2.45, 2.75) is 216 Å². The molecule has 73 heavy (non-hydrogen) atoms. The quantitative estimate of drug-likeness (QED) is 0.0211. The van der Waals surface area contributed by atoms with Crippen molar-refractivity contribution in [2.24, 2.45) is 11.8 Å². The van der Waals surface area contributed by atoms with Gasteiger partial charge in [0.15, 0.2) is 6.10 Å². The van der Waals surface area contributed by atoms with E-state index in [0.29, 0.717) is 19.3 Å². The number of rotatable bonds is 25. The number of hydrogen-bond acceptors (Lipinski definition) is 17. The Morgan fingerprint density at radius 2 is 1.38 bits per heavy atom. The molecular weight excluding hydrogens is 994 g/mol. The van der Waals surface area contributed by atoms with Crippen LogP contribution in [0.1, 0.15) is 155 Å². The number of esters is 2. The highest BCUT2D eigenvalue weighted by atomic mass is 31.2. The van der Waals surface area contributed by atoms with E-state index in [9.17, 15) is 73.9 Å². The van der Waals surface area contributed by atoms with Gasteiger partial charge in [0.2, 0.25) is 0 Å². The van der Waals surface area contributed by atoms with Crippen LogP contribution in [0, 0.1) is 11.8 Å². The van der Waals surface area contributed by atoms with E-state index in [1.54, 1.807) is 0 Å². The predicted octanol–water partition coefficient (Wildman–Crippen LogP) is 6.18. The Kier molecular flexibility index (Phi) is 33.7. The number of fused-ring (bicyclic) bond motifs is 4. The molecule has 1 saturated heterocycles. The van der Waals surface area contributed by atoms with Crippen LogP contribution in [0.2, 0.25) is 0 Å². The van der Waals surface area contributed by atoms with Gasteiger partial charge in [0, 0.05) is 43.9 Å². The van der Waals surface area contributed by atoms with Gasteiger partial charge in [0.05, 0.1) is 37.1 Å². The molecule has 0 amide bonds. The molecule has 2 fully saturated rings. The van der Waals surface area contributed by atoms with Gasteiger partial charge in [-0.25, -0.2) is 9.13 Å². The summed E-state index contributed by atoms with van der Waals surface area (Å²) in [5, 5.41) is 79.9. The Morgan fingerprint density at radius 1 is 0.767 bits per heavy atom. The number of phosphoric acid groups is 2. The van der Waals surface area contributed by atoms with Crippen LogP contribution in [-0.2, 0) is 46.6 Å². The van der Waals surface area contributed by atoms with Gasteiger partial charge in [0.1, 0.15) is 36.8 Å². The van der Waals surface area contributed by atoms with Crippen molar-refractivity contribution in [2.75, 3.05) is 13.2 Å². The normalized spacial score (nSPS) is 30.8. The van der Waals surface area contributed by atoms with Crippen LogP contribution in [0.15, 0.2) is 60.8 Å². The predicted molar refractivity (Wildman–Crippen MR) is 271 cm³/mol. The molecule has 2 bridgehead atoms. The SMILES string of the molecule is CC/C=C\C/C=C\C/C=C\C/C=C\CCCCCCCCC(=O)O[C@@H]1COC(=O)CCCCC(=O)C[C@@H]2[C@@H](O)[C@H](O)[C@@H](O)[C@H](OP(=O)(O)OC1)[C@H](OP(=O)(O)O)[C@H](O)[C@@H](/C=C\[C@@H](O)CCCCC)[C@H](O)C[C@@H]2O. The fourth-order valence-electron chi connectivity index (χ4n) is 8.42. The molecule has 1 heterocycles. The molecule has 0 radical (unpaired) electrons. The van der Waals surface area contributed by atoms with Gasteiger partial charge in [-0.15, -0.1) is 0 Å². The van der Waals surface area contributed by atoms with Crippen LogP contribution in [0.3, 0.4) is 0 Å². The molecule has 0 aromatic heterocycles. The first-order chi connectivity index (χ1) is 34.7. The van der Waals surface area contributed by atoms with Crippen molar-refractivity contribution < 1.29 is 97.0 Å². The average Bonchev–Trinajstić information content (AvgIpc) is 3.33. The maximum Gasteiger partial charge on any atom is 0.472 e. The second-order valence-electron chi connectivity index (χ2n) is 18.8. The van der Waals surface area contributed by atoms with E-state index in [-0.39, 0.29) is 38.5 Å². The van der Waals surface area contributed by atoms with Crippen molar-refractivity contribution in [3.63, 3.8) is 0 Å². The number of unbranched alkanes of at least 4 members (excludes halogenated alkanes) is 8. The third-order valence-corrected chi connectivity index (χ3v) is 14.0. The molecule has 1 aliphatic carbocycles. The van der Waals surface area contributed by atoms with Gasteiger partial charge in [-0.1, -0.05) is 120 Å². The lowest BCUT2D eigenvalue weighted by atomic mass is 9.82. The number of aliphatic hydroxyl groups is 7. The zero-order valence-corrected chi connectivity index (χ0v) is 44.4. The van der Waals surface area contributed by atoms with Gasteiger partial charge < -0.3 is 59.9 Å². The minimum absolute atomic E-state index is 0.0750. The summed E-state index contributed by atoms with van der Waals surface area (Å²) in [6, 6.07) is 0. The van der Waals surface area contributed by atoms with Crippen LogP contribution >= 0.6 is 15.6 Å². The second-order valence-corrected chi connectivity index (χ2v) is 21.4. The standard InChI is InChI=1S/C51H86O20P2/c1-3-5-7-8-9-10-11-12-13-14-15-16-17-18-19-20-21-22-24-30-45(57)69-39-35-67-44(56)29-26-25-28-38(53)33-41-43(55)34-42(54)40(32-31-37(52)27-23-6-4-2)47(59)50(70-72(62,63)64)51(49(61)48(60)46(41)58)71-73(65,66)68-36-39/h5,7,9-10,12-13,15-16,31-32,37,39-43,46-52,54-55,58-61H,3-4,6,8,11,14,17-30,33-36H2,1-2H3,(H,65,66)(H2,62,63,64)/b7-5-,10-9-,13-12-,16-15-,32-31-/t37-,39+,40-,41-,42+,43-,46+,47+,48-,49+,50+,51-/m0/s1. The first kappa shape index (κ1) is 66.4. The van der Waals surface area contributed by atoms with E-state index in [1.165, 1.54) is 0 Å². The van der Waals surface area contributed by atoms with Crippen molar-refractivity contribution >= 4 is 33.4 Å². The summed E-state index contributed by atoms with van der Waals surface area (Å²) in [6.45, 7) is 2.34. The second kappa shape index (κ2) is 37.1. The topological polar surface area (TPSA) is 334 Å². The van der Waals surface area contributed by atoms with Crippen LogP contribution in [0.4, 0.5) is 0 Å². The van der Waals surface area contributed by atoms with Gasteiger partial charge in [0.25, 0.3) is 0 Å². The van der Waals surface area contributed by atoms with Crippen molar-refractivity contribution in [3.8, 4) is 0 Å². The molecule has 1 saturated carbocycles. The summed E-state index contributed by atoms with van der Waals surface area (Å²) in [5.74, 6) is -5.62. The zero-order valence-electron chi connectivity index (χ0n) is 42.6. The van der Waals surface area contributed by atoms with Crippen molar-refractivity contribution in [1.29, 1.82) is 0 Å². The van der Waals surface area contributed by atoms with E-state index in [4.69, 9.17) is 23.0 Å². The molecule has 0 aromatic carbocycles. The molecule has 2 aliphatic rings. The number of cyclic esters (lactones) is 1. The minimum Gasteiger partial charge on any atom is -0.462 e. The van der Waals surface area contributed by atoms with Crippen LogP contribution in [-0.4, -0.2) is 142 Å². The lowest BCUT2D eigenvalue weighted by molar-refractivity contribution is -0.166. The summed E-state index contributed by atoms with van der Waals surface area (Å²) < 4.78 is 52.2. The molecule has 22 heteroatoms. The zero-order chi connectivity index (χ0) is 54.2. The average molecular weight is 1080 g/mol. The third kappa shape index (κ3) is 28.8. The number of carbonyl (C=O) groups excluding carboxylic acids is 3. The molecule has 2 rings (SSSR count). The maximum atomic E-state index is 13.8. The molecular formula is C51H86O20P2. The monoisotopic (exact) mass is 1080 g/mol. The molecule has 0 spiro atoms. The van der Waals surface area contributed by atoms with E-state index >= 15 is 0 Å². The summed E-state index contributed by atoms with van der Waals surface area (Å²) in [4.78, 5) is 70.2. The number of allylic oxidation sites excluding steroid dienone is 8. The Morgan fingerprint density at radius 3 is 2.03 bits per heavy atom. The van der Waals surface area contributed by atoms with E-state index in [0.717, 1.165) is 82.8 Å². The van der Waals surface area contributed by atoms with Gasteiger partial charge in [-0.2, -0.15) is 0 Å². The number of ether oxygens (including phenoxy) is 2. The summed E-state index contributed by atoms with van der Waals surface area (Å²) >= 11 is 0. The first-order valence-electron chi connectivity index (χ1n) is 26.0. The van der Waals surface area contributed by atoms with Crippen LogP contribution in [0.5, 0.6) is 0 Å². The van der Waals surface area contributed by atoms with Gasteiger partial charge in [-0.05, 0) is 64.2 Å². The minimum atomic E-state index is -5.82. The number of hydrogen-bond donors (Lipinski definition) is 10. The largest absolute Gasteiger partial charge is 0.472 e. The summed E-state index contributed by atoms with van der Waals surface area (Å²) in [6.07, 6.45) is 7.67. The Bertz CT molecular complexity index is 1820. The number of phosphoric ester groups is 2. The summed E-state index contributed by atoms with van der Waals surface area (Å²) in [7, 11) is -11.6. The molecule has 420 valence electrons. The molecule has 20 nitrogen and oxygen atoms in total. The highest BCUT2D eigenvalue weighted by Crippen LogP contribution is 2.50. The van der Waals surface area contributed by atoms with E-state index in [2.05, 4.69) is 55.5 Å². The highest BCUT2D eigenvalue weighted by molar-refractivity contribution is 7.47. The van der Waals surface area contributed by atoms with Crippen molar-refractivity contribution in [3.05, 3.63) is 60.8 Å². The number of ketones is 1. The van der Waals surface area contributed by atoms with Crippen molar-refractivity contribution in [1.82, 2.24) is 0 Å². The highest BCUT2D eigenvalue weighted by Gasteiger charge is 2.52. The van der Waals surface area contributed by atoms with Gasteiger partial charge >= 0.3 is 27.6 Å². The fourth-order valence-corrected chi connectivity index (χ4v) is 9.95. The van der Waals surface area contributed by atoms with Gasteiger partial charge in [-0.3, -0.25) is 28.0 Å². The summed E-state index contributed by atoms with van der Waals surface area (Å²) in [5.41, 5.74) is 0. The van der Waals surface area contributed by atoms with E-state index < -0.39 is 132 Å². The number of Topliss-reactive ketones (excluding diaryl/α,β-unsaturated/α-hetero) is 1. The van der Waals surface area contributed by atoms with Crippen LogP contribution < -0.4 is 0 Å². The number of carbonyl (C=O) groups is 3. The molecule has 1 aliphatic heterocycles. The van der Waals surface area contributed by atoms with Crippen LogP contribution in [0.25, 0.3) is 0 Å². The molecule has 13 atom stereocenters. The lowest BCUT2D eigenvalue weighted by Gasteiger charge is -2.38. The Balaban J connectivity index is 2.28. The smallest absolute Gasteiger partial charge is 0.462 e.